The molecule has 0 fully saturated rings. The van der Waals surface area contributed by atoms with Gasteiger partial charge in [0.2, 0.25) is 0 Å². The van der Waals surface area contributed by atoms with Crippen LogP contribution < -0.4 is 0 Å². The van der Waals surface area contributed by atoms with Gasteiger partial charge in [-0.15, -0.1) is 0 Å². The van der Waals surface area contributed by atoms with E-state index in [4.69, 9.17) is 0 Å². The Hall–Kier alpha value is -14.8. The quantitative estimate of drug-likeness (QED) is 0.121. The van der Waals surface area contributed by atoms with Crippen molar-refractivity contribution in [1.82, 2.24) is 0 Å². The molecule has 122 heavy (non-hydrogen) atoms. The van der Waals surface area contributed by atoms with Gasteiger partial charge in [-0.2, -0.15) is 0 Å². The van der Waals surface area contributed by atoms with Gasteiger partial charge < -0.3 is 0 Å². The Labute approximate surface area is 726 Å². The van der Waals surface area contributed by atoms with E-state index in [1.165, 1.54) is 167 Å². The SMILES string of the molecule is Cc1ccc(-c2ccc(-c3ccccc3)cc2)cc1.Cc1ccc(-c2cccc(-c3ccccc3)c2)cc1.Cc1ccc(-c2ccccc2)cc1.Cc1ccc(-c2ccccc2-c2ccccc2)cc1.Cc1cccc(-c2ccc(-c3ccccc3)cc2)c1.Cc1cccc(-c2ccccc2)c1.Cc1ccccc1.Cc1ccccc1-c1ccccc1. The highest BCUT2D eigenvalue weighted by molar-refractivity contribution is 5.84. The lowest BCUT2D eigenvalue weighted by Crippen LogP contribution is -1.84. The minimum Gasteiger partial charge on any atom is -0.0622 e. The van der Waals surface area contributed by atoms with Gasteiger partial charge in [0.1, 0.15) is 0 Å². The number of hydrogen-bond acceptors (Lipinski definition) is 0. The zero-order valence-electron chi connectivity index (χ0n) is 71.5. The summed E-state index contributed by atoms with van der Waals surface area (Å²) in [5.41, 5.74) is 38.5. The first-order chi connectivity index (χ1) is 59.8. The minimum atomic E-state index is 1.26. The second-order valence-electron chi connectivity index (χ2n) is 30.5. The molecule has 0 unspecified atom stereocenters. The van der Waals surface area contributed by atoms with Crippen LogP contribution in [-0.2, 0) is 0 Å². The summed E-state index contributed by atoms with van der Waals surface area (Å²) in [7, 11) is 0. The fourth-order valence-electron chi connectivity index (χ4n) is 14.0. The average Bonchev–Trinajstić information content (AvgIpc) is 0.822. The van der Waals surface area contributed by atoms with E-state index in [0.717, 1.165) is 0 Å². The fourth-order valence-corrected chi connectivity index (χ4v) is 14.0. The lowest BCUT2D eigenvalue weighted by Gasteiger charge is -2.10. The lowest BCUT2D eigenvalue weighted by molar-refractivity contribution is 1.46. The largest absolute Gasteiger partial charge is 0.0622 e. The van der Waals surface area contributed by atoms with Gasteiger partial charge in [-0.05, 0) is 189 Å². The van der Waals surface area contributed by atoms with Crippen LogP contribution in [0.15, 0.2) is 510 Å². The molecule has 0 heteroatoms. The Balaban J connectivity index is 0.000000129. The van der Waals surface area contributed by atoms with E-state index in [9.17, 15) is 0 Å². The summed E-state index contributed by atoms with van der Waals surface area (Å²) >= 11 is 0. The molecule has 0 aromatic heterocycles. The van der Waals surface area contributed by atoms with Crippen LogP contribution in [0.3, 0.4) is 0 Å². The Morgan fingerprint density at radius 1 is 0.0902 bits per heavy atom. The van der Waals surface area contributed by atoms with Crippen LogP contribution in [0.5, 0.6) is 0 Å². The van der Waals surface area contributed by atoms with Gasteiger partial charge in [-0.1, -0.05) is 542 Å². The van der Waals surface area contributed by atoms with Crippen LogP contribution in [-0.4, -0.2) is 0 Å². The highest BCUT2D eigenvalue weighted by Crippen LogP contribution is 2.34. The van der Waals surface area contributed by atoms with Crippen molar-refractivity contribution < 1.29 is 0 Å². The van der Waals surface area contributed by atoms with Gasteiger partial charge in [0.15, 0.2) is 0 Å². The van der Waals surface area contributed by atoms with Crippen molar-refractivity contribution in [2.75, 3.05) is 0 Å². The maximum atomic E-state index is 2.25. The maximum absolute atomic E-state index is 2.25. The molecule has 0 amide bonds. The summed E-state index contributed by atoms with van der Waals surface area (Å²) in [6.07, 6.45) is 0. The number of benzene rings is 19. The third-order valence-corrected chi connectivity index (χ3v) is 20.9. The first-order valence-electron chi connectivity index (χ1n) is 42.1. The molecule has 19 aromatic carbocycles. The van der Waals surface area contributed by atoms with E-state index < -0.39 is 0 Å². The molecule has 0 spiro atoms. The van der Waals surface area contributed by atoms with E-state index in [-0.39, 0.29) is 0 Å². The zero-order valence-corrected chi connectivity index (χ0v) is 71.5. The molecule has 0 N–H and O–H groups in total. The average molecular weight is 1570 g/mol. The summed E-state index contributed by atoms with van der Waals surface area (Å²) in [6, 6.07) is 179. The van der Waals surface area contributed by atoms with Crippen LogP contribution in [0.1, 0.15) is 44.5 Å². The van der Waals surface area contributed by atoms with E-state index in [1.54, 1.807) is 0 Å². The van der Waals surface area contributed by atoms with Crippen molar-refractivity contribution in [3.8, 4) is 122 Å². The Morgan fingerprint density at radius 3 is 0.508 bits per heavy atom. The van der Waals surface area contributed by atoms with Gasteiger partial charge in [0.05, 0.1) is 0 Å². The molecule has 0 nitrogen and oxygen atoms in total. The molecular weight excluding hydrogens is 1470 g/mol. The third-order valence-electron chi connectivity index (χ3n) is 20.9. The molecule has 0 aliphatic heterocycles. The van der Waals surface area contributed by atoms with Crippen molar-refractivity contribution in [1.29, 1.82) is 0 Å². The molecule has 0 bridgehead atoms. The van der Waals surface area contributed by atoms with E-state index in [1.807, 2.05) is 54.6 Å². The molecule has 19 rings (SSSR count). The molecule has 596 valence electrons. The topological polar surface area (TPSA) is 0 Å². The summed E-state index contributed by atoms with van der Waals surface area (Å²) in [6.45, 7) is 16.9. The van der Waals surface area contributed by atoms with Crippen LogP contribution in [0.2, 0.25) is 0 Å². The monoisotopic (exact) mass is 1570 g/mol. The third kappa shape index (κ3) is 27.1. The maximum Gasteiger partial charge on any atom is -0.0105 e. The summed E-state index contributed by atoms with van der Waals surface area (Å²) in [5, 5.41) is 0. The van der Waals surface area contributed by atoms with Crippen molar-refractivity contribution in [3.63, 3.8) is 0 Å². The fraction of sp³-hybridized carbons (Fsp3) is 0.0656. The Kier molecular flexibility index (Phi) is 32.9. The van der Waals surface area contributed by atoms with Gasteiger partial charge in [0, 0.05) is 0 Å². The molecule has 0 heterocycles. The van der Waals surface area contributed by atoms with Crippen LogP contribution >= 0.6 is 0 Å². The number of aryl methyl sites for hydroxylation is 8. The van der Waals surface area contributed by atoms with E-state index in [2.05, 4.69) is 510 Å². The standard InChI is InChI=1S/4C19H16.3C13H12.C7H8/c1-15-6-5-9-19(14-15)18-12-10-17(11-13-18)16-7-3-2-4-8-16;1-15-11-13-17(14-12-15)19-10-6-5-9-18(19)16-7-3-2-4-8-16;1-15-10-12-17(13-11-15)19-9-5-8-18(14-19)16-6-3-2-4-7-16;1-15-7-9-17(10-8-15)19-13-11-18(12-14-19)16-5-3-2-4-6-16;1-11-7-5-6-10-13(11)12-8-3-2-4-9-12;1-11-6-5-9-13(10-11)12-7-3-2-4-8-12;1-11-7-9-13(10-8-11)12-5-3-2-4-6-12;1-7-5-3-2-4-6-7/h4*2-14H,1H3;3*2-10H,1H3;2-6H,1H3. The van der Waals surface area contributed by atoms with E-state index in [0.29, 0.717) is 0 Å². The molecule has 0 saturated carbocycles. The van der Waals surface area contributed by atoms with Crippen molar-refractivity contribution in [2.24, 2.45) is 0 Å². The molecule has 0 saturated heterocycles. The first kappa shape index (κ1) is 86.5. The van der Waals surface area contributed by atoms with Gasteiger partial charge >= 0.3 is 0 Å². The molecule has 19 aromatic rings. The van der Waals surface area contributed by atoms with Gasteiger partial charge in [0.25, 0.3) is 0 Å². The van der Waals surface area contributed by atoms with Crippen LogP contribution in [0.25, 0.3) is 122 Å². The second kappa shape index (κ2) is 46.4. The number of hydrogen-bond donors (Lipinski definition) is 0. The molecule has 0 atom stereocenters. The zero-order chi connectivity index (χ0) is 84.7. The van der Waals surface area contributed by atoms with Crippen molar-refractivity contribution in [3.05, 3.63) is 554 Å². The highest BCUT2D eigenvalue weighted by atomic mass is 14.1. The molecule has 0 aliphatic carbocycles. The molecule has 0 radical (unpaired) electrons. The Bertz CT molecular complexity index is 6190. The van der Waals surface area contributed by atoms with Crippen LogP contribution in [0, 0.1) is 55.4 Å². The number of rotatable bonds is 11. The molecular formula is C122H108. The van der Waals surface area contributed by atoms with Crippen LogP contribution in [0.4, 0.5) is 0 Å². The smallest absolute Gasteiger partial charge is 0.0105 e. The van der Waals surface area contributed by atoms with Gasteiger partial charge in [-0.25, -0.2) is 0 Å². The second-order valence-corrected chi connectivity index (χ2v) is 30.5. The highest BCUT2D eigenvalue weighted by Gasteiger charge is 2.09. The lowest BCUT2D eigenvalue weighted by atomic mass is 9.94. The summed E-state index contributed by atoms with van der Waals surface area (Å²) < 4.78 is 0. The van der Waals surface area contributed by atoms with E-state index >= 15 is 0 Å². The summed E-state index contributed by atoms with van der Waals surface area (Å²) in [5.74, 6) is 0. The molecule has 0 aliphatic rings. The van der Waals surface area contributed by atoms with Crippen molar-refractivity contribution >= 4 is 0 Å². The predicted molar refractivity (Wildman–Crippen MR) is 529 cm³/mol. The first-order valence-corrected chi connectivity index (χ1v) is 42.1. The van der Waals surface area contributed by atoms with Gasteiger partial charge in [-0.3, -0.25) is 0 Å². The predicted octanol–water partition coefficient (Wildman–Crippen LogP) is 34.3. The summed E-state index contributed by atoms with van der Waals surface area (Å²) in [4.78, 5) is 0. The Morgan fingerprint density at radius 2 is 0.246 bits per heavy atom. The van der Waals surface area contributed by atoms with Crippen molar-refractivity contribution in [2.45, 2.75) is 55.4 Å². The normalized spacial score (nSPS) is 10.1. The minimum absolute atomic E-state index is 1.26.